The first-order valence-corrected chi connectivity index (χ1v) is 15.9. The molecule has 9 aromatic rings. The van der Waals surface area contributed by atoms with E-state index < -0.39 is 0 Å². The minimum absolute atomic E-state index is 0.881. The van der Waals surface area contributed by atoms with E-state index in [4.69, 9.17) is 0 Å². The molecule has 0 aliphatic heterocycles. The number of nitrogens with zero attached hydrogens (tertiary/aromatic N) is 3. The van der Waals surface area contributed by atoms with Gasteiger partial charge in [0.25, 0.3) is 0 Å². The molecule has 0 N–H and O–H groups in total. The van der Waals surface area contributed by atoms with Crippen molar-refractivity contribution in [2.24, 2.45) is 0 Å². The summed E-state index contributed by atoms with van der Waals surface area (Å²) < 4.78 is 7.27. The molecule has 0 atom stereocenters. The van der Waals surface area contributed by atoms with Crippen LogP contribution in [0.15, 0.2) is 164 Å². The third kappa shape index (κ3) is 3.54. The van der Waals surface area contributed by atoms with E-state index in [-0.39, 0.29) is 0 Å². The van der Waals surface area contributed by atoms with Crippen LogP contribution in [0.2, 0.25) is 0 Å². The maximum atomic E-state index is 2.46. The Bertz CT molecular complexity index is 2700. The zero-order valence-electron chi connectivity index (χ0n) is 25.1. The van der Waals surface area contributed by atoms with Crippen molar-refractivity contribution in [2.45, 2.75) is 6.42 Å². The highest BCUT2D eigenvalue weighted by Gasteiger charge is 2.19. The average Bonchev–Trinajstić information content (AvgIpc) is 3.63. The smallest absolute Gasteiger partial charge is 0.0562 e. The van der Waals surface area contributed by atoms with E-state index in [0.717, 1.165) is 17.8 Å². The minimum atomic E-state index is 0.881. The van der Waals surface area contributed by atoms with Crippen molar-refractivity contribution in [1.82, 2.24) is 13.7 Å². The second-order valence-electron chi connectivity index (χ2n) is 12.2. The van der Waals surface area contributed by atoms with Gasteiger partial charge >= 0.3 is 0 Å². The van der Waals surface area contributed by atoms with Gasteiger partial charge in [0.2, 0.25) is 0 Å². The van der Waals surface area contributed by atoms with Gasteiger partial charge in [0, 0.05) is 55.8 Å². The van der Waals surface area contributed by atoms with Gasteiger partial charge in [0.05, 0.1) is 33.1 Å². The van der Waals surface area contributed by atoms with Crippen LogP contribution in [0.1, 0.15) is 6.42 Å². The summed E-state index contributed by atoms with van der Waals surface area (Å²) in [4.78, 5) is 0. The fraction of sp³-hybridized carbons (Fsp3) is 0.0233. The van der Waals surface area contributed by atoms with Crippen LogP contribution in [-0.4, -0.2) is 13.7 Å². The van der Waals surface area contributed by atoms with Crippen molar-refractivity contribution >= 4 is 71.1 Å². The van der Waals surface area contributed by atoms with Gasteiger partial charge in [0.1, 0.15) is 0 Å². The fourth-order valence-electron chi connectivity index (χ4n) is 7.70. The van der Waals surface area contributed by atoms with E-state index in [9.17, 15) is 0 Å². The summed E-state index contributed by atoms with van der Waals surface area (Å²) in [6, 6.07) is 48.9. The first-order valence-electron chi connectivity index (χ1n) is 15.9. The zero-order chi connectivity index (χ0) is 30.2. The van der Waals surface area contributed by atoms with Gasteiger partial charge in [-0.3, -0.25) is 0 Å². The molecular weight excluding hydrogens is 558 g/mol. The van der Waals surface area contributed by atoms with Crippen LogP contribution in [0.5, 0.6) is 0 Å². The van der Waals surface area contributed by atoms with E-state index in [2.05, 4.69) is 178 Å². The molecule has 0 saturated carbocycles. The molecule has 1 aliphatic rings. The number of aromatic nitrogens is 3. The lowest BCUT2D eigenvalue weighted by atomic mass is 10.1. The van der Waals surface area contributed by atoms with Crippen molar-refractivity contribution in [2.75, 3.05) is 0 Å². The van der Waals surface area contributed by atoms with Crippen LogP contribution in [0.4, 0.5) is 0 Å². The standard InChI is InChI=1S/C43H29N3/c1-2-4-14-29(13-3-1)45-40-21-11-7-17-34(40)36-27-37-35-18-8-12-22-41(35)46(43(37)28-42(36)45)31-25-23-30(24-26-31)44-38-19-9-5-15-32(38)33-16-6-10-20-39(33)44/h1-13,15-28H,14H2. The summed E-state index contributed by atoms with van der Waals surface area (Å²) >= 11 is 0. The molecule has 0 unspecified atom stereocenters. The molecule has 216 valence electrons. The van der Waals surface area contributed by atoms with Gasteiger partial charge < -0.3 is 13.7 Å². The Kier molecular flexibility index (Phi) is 5.34. The molecule has 0 amide bonds. The van der Waals surface area contributed by atoms with Gasteiger partial charge in [-0.05, 0) is 66.7 Å². The lowest BCUT2D eigenvalue weighted by Gasteiger charge is -2.13. The van der Waals surface area contributed by atoms with E-state index in [0.29, 0.717) is 0 Å². The van der Waals surface area contributed by atoms with Crippen molar-refractivity contribution < 1.29 is 0 Å². The van der Waals surface area contributed by atoms with Crippen molar-refractivity contribution in [1.29, 1.82) is 0 Å². The molecular formula is C43H29N3. The molecule has 3 aromatic heterocycles. The second kappa shape index (κ2) is 9.72. The Morgan fingerprint density at radius 2 is 0.783 bits per heavy atom. The number of rotatable bonds is 3. The first kappa shape index (κ1) is 25.3. The van der Waals surface area contributed by atoms with Gasteiger partial charge in [-0.25, -0.2) is 0 Å². The lowest BCUT2D eigenvalue weighted by Crippen LogP contribution is -1.98. The Morgan fingerprint density at radius 1 is 0.348 bits per heavy atom. The van der Waals surface area contributed by atoms with Crippen molar-refractivity contribution in [3.63, 3.8) is 0 Å². The molecule has 3 heterocycles. The number of hydrogen-bond acceptors (Lipinski definition) is 0. The van der Waals surface area contributed by atoms with Crippen LogP contribution >= 0.6 is 0 Å². The monoisotopic (exact) mass is 587 g/mol. The second-order valence-corrected chi connectivity index (χ2v) is 12.2. The Labute approximate surface area is 265 Å². The number of hydrogen-bond donors (Lipinski definition) is 0. The predicted molar refractivity (Wildman–Crippen MR) is 195 cm³/mol. The van der Waals surface area contributed by atoms with Crippen molar-refractivity contribution in [3.8, 4) is 11.4 Å². The number of para-hydroxylation sites is 4. The molecule has 0 bridgehead atoms. The number of allylic oxidation sites excluding steroid dienone is 6. The summed E-state index contributed by atoms with van der Waals surface area (Å²) in [5.41, 5.74) is 10.9. The summed E-state index contributed by atoms with van der Waals surface area (Å²) in [6.45, 7) is 0. The Balaban J connectivity index is 1.23. The zero-order valence-corrected chi connectivity index (χ0v) is 25.1. The summed E-state index contributed by atoms with van der Waals surface area (Å²) in [7, 11) is 0. The number of fused-ring (bicyclic) bond motifs is 9. The fourth-order valence-corrected chi connectivity index (χ4v) is 7.70. The van der Waals surface area contributed by atoms with Crippen LogP contribution < -0.4 is 0 Å². The summed E-state index contributed by atoms with van der Waals surface area (Å²) in [5.74, 6) is 0. The van der Waals surface area contributed by atoms with Crippen LogP contribution in [0, 0.1) is 0 Å². The van der Waals surface area contributed by atoms with E-state index in [1.807, 2.05) is 0 Å². The average molecular weight is 588 g/mol. The quantitative estimate of drug-likeness (QED) is 0.195. The molecule has 10 rings (SSSR count). The largest absolute Gasteiger partial charge is 0.313 e. The van der Waals surface area contributed by atoms with Crippen LogP contribution in [0.3, 0.4) is 0 Å². The molecule has 1 aliphatic carbocycles. The Morgan fingerprint density at radius 3 is 1.33 bits per heavy atom. The molecule has 46 heavy (non-hydrogen) atoms. The summed E-state index contributed by atoms with van der Waals surface area (Å²) in [6.07, 6.45) is 11.8. The van der Waals surface area contributed by atoms with Gasteiger partial charge in [0.15, 0.2) is 0 Å². The van der Waals surface area contributed by atoms with Crippen molar-refractivity contribution in [3.05, 3.63) is 164 Å². The molecule has 6 aromatic carbocycles. The minimum Gasteiger partial charge on any atom is -0.313 e. The van der Waals surface area contributed by atoms with Crippen LogP contribution in [0.25, 0.3) is 82.5 Å². The third-order valence-corrected chi connectivity index (χ3v) is 9.67. The predicted octanol–water partition coefficient (Wildman–Crippen LogP) is 11.3. The van der Waals surface area contributed by atoms with Gasteiger partial charge in [-0.2, -0.15) is 0 Å². The molecule has 0 spiro atoms. The van der Waals surface area contributed by atoms with Gasteiger partial charge in [-0.1, -0.05) is 97.1 Å². The molecule has 0 saturated heterocycles. The highest BCUT2D eigenvalue weighted by Crippen LogP contribution is 2.40. The lowest BCUT2D eigenvalue weighted by molar-refractivity contribution is 1.13. The Hall–Kier alpha value is -6.06. The first-order chi connectivity index (χ1) is 22.8. The maximum Gasteiger partial charge on any atom is 0.0562 e. The highest BCUT2D eigenvalue weighted by molar-refractivity contribution is 6.19. The summed E-state index contributed by atoms with van der Waals surface area (Å²) in [5, 5.41) is 7.66. The maximum absolute atomic E-state index is 2.46. The highest BCUT2D eigenvalue weighted by atomic mass is 15.0. The third-order valence-electron chi connectivity index (χ3n) is 9.67. The topological polar surface area (TPSA) is 14.8 Å². The van der Waals surface area contributed by atoms with Gasteiger partial charge in [-0.15, -0.1) is 0 Å². The normalized spacial score (nSPS) is 13.5. The molecule has 3 heteroatoms. The molecule has 0 fully saturated rings. The molecule has 0 radical (unpaired) electrons. The SMILES string of the molecule is C1=CC=C(n2c3ccccc3c3cc4c5ccccc5n(-c5ccc(-n6c7ccccc7c7ccccc76)cc5)c4cc32)CC=C1. The number of benzene rings is 6. The van der Waals surface area contributed by atoms with E-state index in [1.165, 1.54) is 71.1 Å². The van der Waals surface area contributed by atoms with E-state index in [1.54, 1.807) is 0 Å². The van der Waals surface area contributed by atoms with E-state index >= 15 is 0 Å². The van der Waals surface area contributed by atoms with Crippen LogP contribution in [-0.2, 0) is 0 Å². The molecule has 3 nitrogen and oxygen atoms in total.